The first kappa shape index (κ1) is 17.1. The number of benzene rings is 1. The Bertz CT molecular complexity index is 738. The predicted molar refractivity (Wildman–Crippen MR) is 90.0 cm³/mol. The van der Waals surface area contributed by atoms with Crippen LogP contribution in [0.2, 0.25) is 0 Å². The molecule has 2 saturated heterocycles. The van der Waals surface area contributed by atoms with Gasteiger partial charge in [-0.2, -0.15) is 0 Å². The maximum atomic E-state index is 13.0. The number of allylic oxidation sites excluding steroid dienone is 1. The second-order valence-electron chi connectivity index (χ2n) is 6.20. The molecule has 0 amide bonds. The zero-order valence-electron chi connectivity index (χ0n) is 14.1. The first-order valence-electron chi connectivity index (χ1n) is 8.49. The minimum atomic E-state index is -0.617. The van der Waals surface area contributed by atoms with Gasteiger partial charge in [-0.05, 0) is 44.7 Å². The van der Waals surface area contributed by atoms with Crippen molar-refractivity contribution in [2.45, 2.75) is 38.6 Å². The molecule has 1 aromatic carbocycles. The molecule has 2 heterocycles. The van der Waals surface area contributed by atoms with Crippen LogP contribution in [0.3, 0.4) is 0 Å². The van der Waals surface area contributed by atoms with Crippen LogP contribution < -0.4 is 0 Å². The minimum Gasteiger partial charge on any atom is -0.462 e. The minimum absolute atomic E-state index is 0.0695. The van der Waals surface area contributed by atoms with Gasteiger partial charge >= 0.3 is 5.97 Å². The Labute approximate surface area is 145 Å². The Hall–Kier alpha value is -2.70. The van der Waals surface area contributed by atoms with Crippen LogP contribution in [0.5, 0.6) is 0 Å². The smallest absolute Gasteiger partial charge is 0.343 e. The van der Waals surface area contributed by atoms with E-state index in [9.17, 15) is 19.7 Å². The Morgan fingerprint density at radius 1 is 1.28 bits per heavy atom. The van der Waals surface area contributed by atoms with Crippen molar-refractivity contribution in [3.8, 4) is 0 Å². The number of esters is 1. The molecule has 2 fully saturated rings. The van der Waals surface area contributed by atoms with E-state index in [0.29, 0.717) is 12.5 Å². The highest BCUT2D eigenvalue weighted by Crippen LogP contribution is 2.37. The summed E-state index contributed by atoms with van der Waals surface area (Å²) in [5.41, 5.74) is 0.982. The van der Waals surface area contributed by atoms with Gasteiger partial charge in [-0.15, -0.1) is 0 Å². The molecule has 1 atom stereocenters. The number of Topliss-reactive ketones (excluding diaryl/α,β-unsaturated/α-hetero) is 1. The topological polar surface area (TPSA) is 89.8 Å². The quantitative estimate of drug-likeness (QED) is 0.155. The van der Waals surface area contributed by atoms with Gasteiger partial charge in [0.15, 0.2) is 0 Å². The lowest BCUT2D eigenvalue weighted by atomic mass is 10.00. The van der Waals surface area contributed by atoms with Crippen LogP contribution in [0, 0.1) is 10.1 Å². The van der Waals surface area contributed by atoms with Gasteiger partial charge in [0.25, 0.3) is 5.69 Å². The van der Waals surface area contributed by atoms with Crippen molar-refractivity contribution in [2.24, 2.45) is 0 Å². The number of rotatable bonds is 5. The zero-order chi connectivity index (χ0) is 18.0. The monoisotopic (exact) mass is 344 g/mol. The molecular weight excluding hydrogens is 324 g/mol. The molecule has 0 unspecified atom stereocenters. The van der Waals surface area contributed by atoms with Gasteiger partial charge in [-0.1, -0.05) is 0 Å². The van der Waals surface area contributed by atoms with E-state index in [-0.39, 0.29) is 23.4 Å². The number of nitro groups is 1. The van der Waals surface area contributed by atoms with Gasteiger partial charge in [0, 0.05) is 36.0 Å². The molecule has 2 aliphatic rings. The third-order valence-electron chi connectivity index (χ3n) is 4.77. The van der Waals surface area contributed by atoms with Gasteiger partial charge in [-0.25, -0.2) is 4.79 Å². The molecule has 0 spiro atoms. The maximum absolute atomic E-state index is 13.0. The molecule has 0 radical (unpaired) electrons. The summed E-state index contributed by atoms with van der Waals surface area (Å²) in [5, 5.41) is 10.8. The third-order valence-corrected chi connectivity index (χ3v) is 4.77. The summed E-state index contributed by atoms with van der Waals surface area (Å²) in [4.78, 5) is 37.8. The van der Waals surface area contributed by atoms with Gasteiger partial charge in [0.2, 0.25) is 5.78 Å². The van der Waals surface area contributed by atoms with E-state index in [0.717, 1.165) is 31.5 Å². The molecular formula is C18H20N2O5. The Morgan fingerprint density at radius 2 is 2.00 bits per heavy atom. The molecule has 3 rings (SSSR count). The lowest BCUT2D eigenvalue weighted by Crippen LogP contribution is -2.27. The van der Waals surface area contributed by atoms with Crippen LogP contribution in [0.4, 0.5) is 5.69 Å². The van der Waals surface area contributed by atoms with E-state index in [1.54, 1.807) is 6.92 Å². The number of ether oxygens (including phenoxy) is 1. The van der Waals surface area contributed by atoms with Crippen LogP contribution in [0.15, 0.2) is 35.5 Å². The largest absolute Gasteiger partial charge is 0.462 e. The fourth-order valence-electron chi connectivity index (χ4n) is 3.63. The first-order valence-corrected chi connectivity index (χ1v) is 8.49. The normalized spacial score (nSPS) is 21.0. The average molecular weight is 344 g/mol. The number of fused-ring (bicyclic) bond motifs is 1. The molecule has 0 saturated carbocycles. The number of nitrogens with zero attached hydrogens (tertiary/aromatic N) is 2. The molecule has 0 N–H and O–H groups in total. The van der Waals surface area contributed by atoms with Gasteiger partial charge in [0.05, 0.1) is 11.5 Å². The molecule has 0 aliphatic carbocycles. The summed E-state index contributed by atoms with van der Waals surface area (Å²) in [6, 6.07) is 5.71. The summed E-state index contributed by atoms with van der Waals surface area (Å²) in [6.45, 7) is 2.73. The standard InChI is InChI=1S/C18H20N2O5/c1-2-25-18(22)16(15-10-9-13-4-3-11-19(13)15)17(21)12-5-7-14(8-6-12)20(23)24/h5-8,13H,2-4,9-11H2,1H3/b16-15+/t13-/m0/s1. The van der Waals surface area contributed by atoms with Crippen LogP contribution in [-0.4, -0.2) is 40.8 Å². The van der Waals surface area contributed by atoms with E-state index in [1.165, 1.54) is 24.3 Å². The molecule has 132 valence electrons. The lowest BCUT2D eigenvalue weighted by Gasteiger charge is -2.21. The van der Waals surface area contributed by atoms with Crippen molar-refractivity contribution in [3.05, 3.63) is 51.2 Å². The van der Waals surface area contributed by atoms with Crippen molar-refractivity contribution in [2.75, 3.05) is 13.2 Å². The van der Waals surface area contributed by atoms with Crippen LogP contribution in [0.25, 0.3) is 0 Å². The summed E-state index contributed by atoms with van der Waals surface area (Å²) >= 11 is 0. The summed E-state index contributed by atoms with van der Waals surface area (Å²) in [7, 11) is 0. The van der Waals surface area contributed by atoms with Crippen molar-refractivity contribution >= 4 is 17.4 Å². The van der Waals surface area contributed by atoms with Crippen LogP contribution in [-0.2, 0) is 9.53 Å². The lowest BCUT2D eigenvalue weighted by molar-refractivity contribution is -0.384. The molecule has 1 aromatic rings. The van der Waals surface area contributed by atoms with Crippen molar-refractivity contribution in [1.82, 2.24) is 4.90 Å². The summed E-state index contributed by atoms with van der Waals surface area (Å²) < 4.78 is 5.12. The van der Waals surface area contributed by atoms with Crippen molar-refractivity contribution < 1.29 is 19.2 Å². The Balaban J connectivity index is 1.98. The number of carbonyl (C=O) groups is 2. The second kappa shape index (κ2) is 7.04. The van der Waals surface area contributed by atoms with Gasteiger partial charge in [0.1, 0.15) is 5.57 Å². The number of carbonyl (C=O) groups excluding carboxylic acids is 2. The second-order valence-corrected chi connectivity index (χ2v) is 6.20. The van der Waals surface area contributed by atoms with E-state index >= 15 is 0 Å². The number of hydrogen-bond donors (Lipinski definition) is 0. The molecule has 2 aliphatic heterocycles. The molecule has 7 nitrogen and oxygen atoms in total. The fraction of sp³-hybridized carbons (Fsp3) is 0.444. The first-order chi connectivity index (χ1) is 12.0. The van der Waals surface area contributed by atoms with Crippen LogP contribution in [0.1, 0.15) is 43.0 Å². The van der Waals surface area contributed by atoms with E-state index in [2.05, 4.69) is 4.90 Å². The molecule has 0 bridgehead atoms. The van der Waals surface area contributed by atoms with E-state index < -0.39 is 16.7 Å². The number of ketones is 1. The SMILES string of the molecule is CCOC(=O)/C(C(=O)c1ccc([N+](=O)[O-])cc1)=C1\CC[C@@H]2CCCN12. The zero-order valence-corrected chi connectivity index (χ0v) is 14.1. The van der Waals surface area contributed by atoms with Gasteiger partial charge in [-0.3, -0.25) is 14.9 Å². The van der Waals surface area contributed by atoms with Crippen LogP contribution >= 0.6 is 0 Å². The highest BCUT2D eigenvalue weighted by molar-refractivity contribution is 6.24. The molecule has 0 aromatic heterocycles. The van der Waals surface area contributed by atoms with Crippen molar-refractivity contribution in [3.63, 3.8) is 0 Å². The average Bonchev–Trinajstić information content (AvgIpc) is 3.20. The number of nitro benzene ring substituents is 1. The fourth-order valence-corrected chi connectivity index (χ4v) is 3.63. The summed E-state index contributed by atoms with van der Waals surface area (Å²) in [6.07, 6.45) is 3.74. The predicted octanol–water partition coefficient (Wildman–Crippen LogP) is 2.85. The van der Waals surface area contributed by atoms with E-state index in [4.69, 9.17) is 4.74 Å². The maximum Gasteiger partial charge on any atom is 0.343 e. The number of hydrogen-bond acceptors (Lipinski definition) is 6. The number of non-ortho nitro benzene ring substituents is 1. The molecule has 7 heteroatoms. The van der Waals surface area contributed by atoms with E-state index in [1.807, 2.05) is 0 Å². The third kappa shape index (κ3) is 3.26. The Kier molecular flexibility index (Phi) is 4.83. The van der Waals surface area contributed by atoms with Gasteiger partial charge < -0.3 is 9.64 Å². The Morgan fingerprint density at radius 3 is 2.64 bits per heavy atom. The molecule has 25 heavy (non-hydrogen) atoms. The highest BCUT2D eigenvalue weighted by atomic mass is 16.6. The highest BCUT2D eigenvalue weighted by Gasteiger charge is 2.37. The summed E-state index contributed by atoms with van der Waals surface area (Å²) in [5.74, 6) is -1.05. The van der Waals surface area contributed by atoms with Crippen molar-refractivity contribution in [1.29, 1.82) is 0 Å².